The van der Waals surface area contributed by atoms with Crippen molar-refractivity contribution >= 4 is 5.91 Å². The second-order valence-electron chi connectivity index (χ2n) is 6.79. The van der Waals surface area contributed by atoms with E-state index in [9.17, 15) is 4.79 Å². The number of hydrogen-bond donors (Lipinski definition) is 0. The van der Waals surface area contributed by atoms with Gasteiger partial charge in [0.2, 0.25) is 6.10 Å². The van der Waals surface area contributed by atoms with E-state index in [4.69, 9.17) is 18.9 Å². The van der Waals surface area contributed by atoms with Gasteiger partial charge in [-0.15, -0.1) is 0 Å². The molecule has 0 unspecified atom stereocenters. The number of ether oxygens (including phenoxy) is 4. The quantitative estimate of drug-likeness (QED) is 0.404. The van der Waals surface area contributed by atoms with Gasteiger partial charge in [-0.25, -0.2) is 0 Å². The van der Waals surface area contributed by atoms with E-state index in [1.165, 1.54) is 0 Å². The molecule has 0 aromatic heterocycles. The van der Waals surface area contributed by atoms with E-state index in [2.05, 4.69) is 0 Å². The van der Waals surface area contributed by atoms with Crippen LogP contribution in [0.2, 0.25) is 0 Å². The van der Waals surface area contributed by atoms with Crippen LogP contribution in [0, 0.1) is 0 Å². The van der Waals surface area contributed by atoms with Crippen LogP contribution in [0.25, 0.3) is 0 Å². The van der Waals surface area contributed by atoms with Gasteiger partial charge in [-0.3, -0.25) is 4.79 Å². The van der Waals surface area contributed by atoms with Crippen molar-refractivity contribution in [2.75, 3.05) is 40.1 Å². The lowest BCUT2D eigenvalue weighted by Gasteiger charge is -2.47. The molecule has 0 saturated carbocycles. The number of methoxy groups -OCH3 is 1. The van der Waals surface area contributed by atoms with Crippen LogP contribution >= 0.6 is 0 Å². The van der Waals surface area contributed by atoms with E-state index in [0.29, 0.717) is 38.7 Å². The molecule has 0 radical (unpaired) electrons. The lowest BCUT2D eigenvalue weighted by atomic mass is 9.90. The van der Waals surface area contributed by atoms with Crippen molar-refractivity contribution in [2.24, 2.45) is 0 Å². The molecule has 2 aromatic rings. The molecule has 6 heteroatoms. The fourth-order valence-electron chi connectivity index (χ4n) is 3.39. The molecule has 0 bridgehead atoms. The normalized spacial score (nSPS) is 18.4. The molecule has 1 aliphatic heterocycles. The van der Waals surface area contributed by atoms with Gasteiger partial charge in [-0.2, -0.15) is 0 Å². The van der Waals surface area contributed by atoms with Crippen LogP contribution < -0.4 is 9.47 Å². The van der Waals surface area contributed by atoms with E-state index in [-0.39, 0.29) is 11.9 Å². The van der Waals surface area contributed by atoms with Gasteiger partial charge in [0.25, 0.3) is 5.91 Å². The third-order valence-electron chi connectivity index (χ3n) is 4.80. The van der Waals surface area contributed by atoms with E-state index >= 15 is 0 Å². The summed E-state index contributed by atoms with van der Waals surface area (Å²) in [7, 11) is 1.64. The first kappa shape index (κ1) is 21.1. The summed E-state index contributed by atoms with van der Waals surface area (Å²) in [5.41, 5.74) is 0.997. The highest BCUT2D eigenvalue weighted by Gasteiger charge is 2.49. The maximum absolute atomic E-state index is 12.8. The van der Waals surface area contributed by atoms with Crippen molar-refractivity contribution in [1.29, 1.82) is 0 Å². The SMILES string of the molecule is CCOCCCN1C(=O)[C@H](Oc2ccccc2)[C@H]1c1cccc(OCCOC)c1. The number of amides is 1. The highest BCUT2D eigenvalue weighted by molar-refractivity contribution is 5.89. The summed E-state index contributed by atoms with van der Waals surface area (Å²) in [5, 5.41) is 0. The second kappa shape index (κ2) is 10.8. The first-order chi connectivity index (χ1) is 14.2. The second-order valence-corrected chi connectivity index (χ2v) is 6.79. The first-order valence-corrected chi connectivity index (χ1v) is 10.1. The van der Waals surface area contributed by atoms with Crippen molar-refractivity contribution in [1.82, 2.24) is 4.90 Å². The van der Waals surface area contributed by atoms with E-state index < -0.39 is 6.10 Å². The third-order valence-corrected chi connectivity index (χ3v) is 4.80. The van der Waals surface area contributed by atoms with Crippen LogP contribution in [0.1, 0.15) is 24.9 Å². The monoisotopic (exact) mass is 399 g/mol. The maximum atomic E-state index is 12.8. The molecule has 2 atom stereocenters. The Morgan fingerprint density at radius 2 is 1.76 bits per heavy atom. The Morgan fingerprint density at radius 1 is 0.966 bits per heavy atom. The summed E-state index contributed by atoms with van der Waals surface area (Å²) in [6.07, 6.45) is 0.247. The molecule has 1 heterocycles. The molecule has 1 fully saturated rings. The number of β-lactam (4-membered cyclic amide) rings is 1. The minimum atomic E-state index is -0.543. The van der Waals surface area contributed by atoms with Gasteiger partial charge < -0.3 is 23.8 Å². The molecule has 1 saturated heterocycles. The zero-order valence-electron chi connectivity index (χ0n) is 17.1. The van der Waals surface area contributed by atoms with Crippen LogP contribution in [0.3, 0.4) is 0 Å². The predicted molar refractivity (Wildman–Crippen MR) is 110 cm³/mol. The van der Waals surface area contributed by atoms with Gasteiger partial charge in [-0.05, 0) is 43.2 Å². The molecular formula is C23H29NO5. The molecule has 156 valence electrons. The Morgan fingerprint density at radius 3 is 2.52 bits per heavy atom. The molecule has 2 aromatic carbocycles. The van der Waals surface area contributed by atoms with Gasteiger partial charge in [0.15, 0.2) is 0 Å². The molecule has 0 spiro atoms. The Hall–Kier alpha value is -2.57. The molecule has 1 aliphatic rings. The summed E-state index contributed by atoms with van der Waals surface area (Å²) in [5.74, 6) is 1.45. The zero-order valence-corrected chi connectivity index (χ0v) is 17.1. The van der Waals surface area contributed by atoms with E-state index in [1.807, 2.05) is 66.4 Å². The molecule has 29 heavy (non-hydrogen) atoms. The lowest BCUT2D eigenvalue weighted by molar-refractivity contribution is -0.164. The van der Waals surface area contributed by atoms with Gasteiger partial charge in [0, 0.05) is 26.9 Å². The van der Waals surface area contributed by atoms with Crippen molar-refractivity contribution in [3.63, 3.8) is 0 Å². The van der Waals surface area contributed by atoms with E-state index in [0.717, 1.165) is 17.7 Å². The number of carbonyl (C=O) groups excluding carboxylic acids is 1. The number of hydrogen-bond acceptors (Lipinski definition) is 5. The van der Waals surface area contributed by atoms with Crippen molar-refractivity contribution in [3.05, 3.63) is 60.2 Å². The van der Waals surface area contributed by atoms with Gasteiger partial charge in [0.05, 0.1) is 6.61 Å². The van der Waals surface area contributed by atoms with Crippen LogP contribution in [-0.2, 0) is 14.3 Å². The number of benzene rings is 2. The topological polar surface area (TPSA) is 57.2 Å². The fourth-order valence-corrected chi connectivity index (χ4v) is 3.39. The summed E-state index contributed by atoms with van der Waals surface area (Å²) in [6, 6.07) is 17.1. The lowest BCUT2D eigenvalue weighted by Crippen LogP contribution is -2.61. The van der Waals surface area contributed by atoms with Crippen LogP contribution in [0.4, 0.5) is 0 Å². The molecule has 0 N–H and O–H groups in total. The van der Waals surface area contributed by atoms with E-state index in [1.54, 1.807) is 7.11 Å². The standard InChI is InChI=1S/C23H29NO5/c1-3-27-14-8-13-24-21(18-9-7-12-20(17-18)28-16-15-26-2)22(23(24)25)29-19-10-5-4-6-11-19/h4-7,9-12,17,21-22H,3,8,13-16H2,1-2H3/t21-,22-/m1/s1. The Balaban J connectivity index is 1.75. The number of para-hydroxylation sites is 1. The zero-order chi connectivity index (χ0) is 20.5. The molecule has 0 aliphatic carbocycles. The third kappa shape index (κ3) is 5.49. The van der Waals surface area contributed by atoms with Crippen LogP contribution in [0.15, 0.2) is 54.6 Å². The first-order valence-electron chi connectivity index (χ1n) is 10.1. The molecule has 1 amide bonds. The highest BCUT2D eigenvalue weighted by Crippen LogP contribution is 2.38. The highest BCUT2D eigenvalue weighted by atomic mass is 16.5. The van der Waals surface area contributed by atoms with Gasteiger partial charge in [0.1, 0.15) is 24.1 Å². The average molecular weight is 399 g/mol. The summed E-state index contributed by atoms with van der Waals surface area (Å²) >= 11 is 0. The average Bonchev–Trinajstić information content (AvgIpc) is 2.75. The molecular weight excluding hydrogens is 370 g/mol. The summed E-state index contributed by atoms with van der Waals surface area (Å²) in [4.78, 5) is 14.7. The number of likely N-dealkylation sites (tertiary alicyclic amines) is 1. The number of nitrogens with zero attached hydrogens (tertiary/aromatic N) is 1. The number of rotatable bonds is 12. The van der Waals surface area contributed by atoms with Crippen molar-refractivity contribution < 1.29 is 23.7 Å². The fraction of sp³-hybridized carbons (Fsp3) is 0.435. The van der Waals surface area contributed by atoms with Crippen molar-refractivity contribution in [3.8, 4) is 11.5 Å². The van der Waals surface area contributed by atoms with Crippen molar-refractivity contribution in [2.45, 2.75) is 25.5 Å². The van der Waals surface area contributed by atoms with Gasteiger partial charge in [-0.1, -0.05) is 30.3 Å². The minimum Gasteiger partial charge on any atom is -0.491 e. The Kier molecular flexibility index (Phi) is 7.90. The largest absolute Gasteiger partial charge is 0.491 e. The Bertz CT molecular complexity index is 767. The van der Waals surface area contributed by atoms with Gasteiger partial charge >= 0.3 is 0 Å². The minimum absolute atomic E-state index is 0.000978. The van der Waals surface area contributed by atoms with Crippen LogP contribution in [-0.4, -0.2) is 57.0 Å². The molecule has 6 nitrogen and oxygen atoms in total. The smallest absolute Gasteiger partial charge is 0.266 e. The summed E-state index contributed by atoms with van der Waals surface area (Å²) < 4.78 is 22.3. The predicted octanol–water partition coefficient (Wildman–Crippen LogP) is 3.47. The van der Waals surface area contributed by atoms with Crippen LogP contribution in [0.5, 0.6) is 11.5 Å². The maximum Gasteiger partial charge on any atom is 0.266 e. The molecule has 3 rings (SSSR count). The number of carbonyl (C=O) groups is 1. The summed E-state index contributed by atoms with van der Waals surface area (Å²) in [6.45, 7) is 4.92. The Labute approximate surface area is 172 Å².